The van der Waals surface area contributed by atoms with Gasteiger partial charge in [0.25, 0.3) is 0 Å². The van der Waals surface area contributed by atoms with E-state index in [0.29, 0.717) is 5.54 Å². The van der Waals surface area contributed by atoms with Crippen LogP contribution in [0.2, 0.25) is 0 Å². The summed E-state index contributed by atoms with van der Waals surface area (Å²) in [5.74, 6) is 1.60. The highest BCUT2D eigenvalue weighted by atomic mass is 15.3. The first-order chi connectivity index (χ1) is 6.19. The lowest BCUT2D eigenvalue weighted by Gasteiger charge is -2.31. The van der Waals surface area contributed by atoms with Crippen LogP contribution in [0.3, 0.4) is 0 Å². The monoisotopic (exact) mass is 182 g/mol. The molecule has 2 aliphatic rings. The summed E-state index contributed by atoms with van der Waals surface area (Å²) in [5.41, 5.74) is 6.30. The van der Waals surface area contributed by atoms with Crippen LogP contribution < -0.4 is 5.73 Å². The van der Waals surface area contributed by atoms with E-state index in [2.05, 4.69) is 18.7 Å². The molecule has 2 heteroatoms. The Labute approximate surface area is 81.5 Å². The van der Waals surface area contributed by atoms with Gasteiger partial charge in [0.2, 0.25) is 0 Å². The van der Waals surface area contributed by atoms with Crippen LogP contribution in [0, 0.1) is 11.8 Å². The van der Waals surface area contributed by atoms with Crippen molar-refractivity contribution in [3.05, 3.63) is 0 Å². The topological polar surface area (TPSA) is 29.3 Å². The van der Waals surface area contributed by atoms with E-state index >= 15 is 0 Å². The zero-order chi connectivity index (χ0) is 9.47. The molecule has 1 aliphatic heterocycles. The minimum Gasteiger partial charge on any atom is -0.330 e. The van der Waals surface area contributed by atoms with Crippen LogP contribution in [-0.4, -0.2) is 30.1 Å². The van der Waals surface area contributed by atoms with E-state index < -0.39 is 0 Å². The van der Waals surface area contributed by atoms with Gasteiger partial charge in [0, 0.05) is 12.1 Å². The largest absolute Gasteiger partial charge is 0.330 e. The quantitative estimate of drug-likeness (QED) is 0.716. The third-order valence-corrected chi connectivity index (χ3v) is 4.09. The third kappa shape index (κ3) is 1.50. The average molecular weight is 182 g/mol. The van der Waals surface area contributed by atoms with Gasteiger partial charge in [0.1, 0.15) is 0 Å². The van der Waals surface area contributed by atoms with E-state index in [0.717, 1.165) is 18.4 Å². The molecule has 0 aromatic rings. The van der Waals surface area contributed by atoms with E-state index in [4.69, 9.17) is 5.73 Å². The first kappa shape index (κ1) is 9.47. The molecule has 2 fully saturated rings. The van der Waals surface area contributed by atoms with Crippen LogP contribution >= 0.6 is 0 Å². The Morgan fingerprint density at radius 3 is 2.54 bits per heavy atom. The van der Waals surface area contributed by atoms with E-state index in [1.165, 1.54) is 32.4 Å². The van der Waals surface area contributed by atoms with E-state index in [-0.39, 0.29) is 0 Å². The summed E-state index contributed by atoms with van der Waals surface area (Å²) in [4.78, 5) is 2.70. The fourth-order valence-electron chi connectivity index (χ4n) is 2.82. The lowest BCUT2D eigenvalue weighted by atomic mass is 10.0. The van der Waals surface area contributed by atoms with Gasteiger partial charge in [0.05, 0.1) is 0 Å². The predicted octanol–water partition coefficient (Wildman–Crippen LogP) is 1.46. The molecule has 2 rings (SSSR count). The molecule has 0 aromatic carbocycles. The van der Waals surface area contributed by atoms with E-state index in [9.17, 15) is 0 Å². The van der Waals surface area contributed by atoms with Crippen LogP contribution in [0.5, 0.6) is 0 Å². The molecule has 1 atom stereocenters. The van der Waals surface area contributed by atoms with Crippen molar-refractivity contribution in [2.24, 2.45) is 17.6 Å². The summed E-state index contributed by atoms with van der Waals surface area (Å²) >= 11 is 0. The van der Waals surface area contributed by atoms with Crippen molar-refractivity contribution in [3.8, 4) is 0 Å². The molecule has 0 amide bonds. The molecule has 1 unspecified atom stereocenters. The van der Waals surface area contributed by atoms with E-state index in [1.54, 1.807) is 0 Å². The van der Waals surface area contributed by atoms with Crippen molar-refractivity contribution in [2.45, 2.75) is 38.6 Å². The summed E-state index contributed by atoms with van der Waals surface area (Å²) in [6.07, 6.45) is 4.16. The summed E-state index contributed by atoms with van der Waals surface area (Å²) in [5, 5.41) is 0. The molecule has 13 heavy (non-hydrogen) atoms. The van der Waals surface area contributed by atoms with Crippen molar-refractivity contribution in [1.82, 2.24) is 4.90 Å². The van der Waals surface area contributed by atoms with Gasteiger partial charge >= 0.3 is 0 Å². The average Bonchev–Trinajstić information content (AvgIpc) is 2.79. The predicted molar refractivity (Wildman–Crippen MR) is 55.5 cm³/mol. The number of nitrogens with zero attached hydrogens (tertiary/aromatic N) is 1. The second kappa shape index (κ2) is 3.25. The van der Waals surface area contributed by atoms with E-state index in [1.807, 2.05) is 0 Å². The molecule has 0 bridgehead atoms. The highest BCUT2D eigenvalue weighted by molar-refractivity contribution is 5.07. The lowest BCUT2D eigenvalue weighted by molar-refractivity contribution is 0.163. The molecule has 1 heterocycles. The molecule has 2 nitrogen and oxygen atoms in total. The van der Waals surface area contributed by atoms with Gasteiger partial charge in [-0.3, -0.25) is 4.90 Å². The summed E-state index contributed by atoms with van der Waals surface area (Å²) in [7, 11) is 0. The van der Waals surface area contributed by atoms with Crippen molar-refractivity contribution in [1.29, 1.82) is 0 Å². The molecule has 0 radical (unpaired) electrons. The Balaban J connectivity index is 1.95. The zero-order valence-electron chi connectivity index (χ0n) is 8.92. The number of hydrogen-bond acceptors (Lipinski definition) is 2. The van der Waals surface area contributed by atoms with Crippen molar-refractivity contribution < 1.29 is 0 Å². The Morgan fingerprint density at radius 2 is 2.15 bits per heavy atom. The summed E-state index contributed by atoms with van der Waals surface area (Å²) < 4.78 is 0. The fourth-order valence-corrected chi connectivity index (χ4v) is 2.82. The third-order valence-electron chi connectivity index (χ3n) is 4.09. The van der Waals surface area contributed by atoms with Crippen molar-refractivity contribution in [3.63, 3.8) is 0 Å². The van der Waals surface area contributed by atoms with Crippen LogP contribution in [0.25, 0.3) is 0 Å². The second-order valence-electron chi connectivity index (χ2n) is 5.09. The van der Waals surface area contributed by atoms with Crippen molar-refractivity contribution in [2.75, 3.05) is 19.6 Å². The van der Waals surface area contributed by atoms with Gasteiger partial charge in [-0.05, 0) is 44.2 Å². The Kier molecular flexibility index (Phi) is 2.37. The standard InChI is InChI=1S/C11H22N2/c1-9(2)11(4-5-11)13-6-3-10(7-12)8-13/h9-10H,3-8,12H2,1-2H3. The number of nitrogens with two attached hydrogens (primary N) is 1. The van der Waals surface area contributed by atoms with Crippen LogP contribution in [0.1, 0.15) is 33.1 Å². The minimum atomic E-state index is 0.587. The van der Waals surface area contributed by atoms with Gasteiger partial charge in [-0.15, -0.1) is 0 Å². The maximum absolute atomic E-state index is 5.71. The first-order valence-electron chi connectivity index (χ1n) is 5.64. The SMILES string of the molecule is CC(C)C1(N2CCC(CN)C2)CC1. The van der Waals surface area contributed by atoms with Gasteiger partial charge in [-0.25, -0.2) is 0 Å². The summed E-state index contributed by atoms with van der Waals surface area (Å²) in [6.45, 7) is 8.16. The van der Waals surface area contributed by atoms with Crippen LogP contribution in [-0.2, 0) is 0 Å². The summed E-state index contributed by atoms with van der Waals surface area (Å²) in [6, 6.07) is 0. The van der Waals surface area contributed by atoms with Gasteiger partial charge in [-0.2, -0.15) is 0 Å². The van der Waals surface area contributed by atoms with Crippen molar-refractivity contribution >= 4 is 0 Å². The van der Waals surface area contributed by atoms with Gasteiger partial charge < -0.3 is 5.73 Å². The highest BCUT2D eigenvalue weighted by Crippen LogP contribution is 2.49. The second-order valence-corrected chi connectivity index (χ2v) is 5.09. The van der Waals surface area contributed by atoms with Crippen LogP contribution in [0.15, 0.2) is 0 Å². The molecular formula is C11H22N2. The maximum atomic E-state index is 5.71. The molecular weight excluding hydrogens is 160 g/mol. The number of likely N-dealkylation sites (tertiary alicyclic amines) is 1. The van der Waals surface area contributed by atoms with Gasteiger partial charge in [0.15, 0.2) is 0 Å². The highest BCUT2D eigenvalue weighted by Gasteiger charge is 2.51. The molecule has 76 valence electrons. The minimum absolute atomic E-state index is 0.587. The molecule has 1 saturated carbocycles. The lowest BCUT2D eigenvalue weighted by Crippen LogP contribution is -2.40. The fraction of sp³-hybridized carbons (Fsp3) is 1.00. The molecule has 0 spiro atoms. The number of rotatable bonds is 3. The van der Waals surface area contributed by atoms with Crippen LogP contribution in [0.4, 0.5) is 0 Å². The Hall–Kier alpha value is -0.0800. The Bertz CT molecular complexity index is 185. The maximum Gasteiger partial charge on any atom is 0.0234 e. The molecule has 1 saturated heterocycles. The number of hydrogen-bond donors (Lipinski definition) is 1. The molecule has 0 aromatic heterocycles. The smallest absolute Gasteiger partial charge is 0.0234 e. The zero-order valence-corrected chi connectivity index (χ0v) is 8.92. The Morgan fingerprint density at radius 1 is 1.46 bits per heavy atom. The van der Waals surface area contributed by atoms with Gasteiger partial charge in [-0.1, -0.05) is 13.8 Å². The molecule has 2 N–H and O–H groups in total. The molecule has 1 aliphatic carbocycles. The first-order valence-corrected chi connectivity index (χ1v) is 5.64. The normalized spacial score (nSPS) is 32.8.